The van der Waals surface area contributed by atoms with Crippen LogP contribution < -0.4 is 5.73 Å². The van der Waals surface area contributed by atoms with Crippen molar-refractivity contribution in [2.45, 2.75) is 20.4 Å². The molecule has 3 rings (SSSR count). The number of aromatic amines is 1. The normalized spacial score (nSPS) is 11.1. The van der Waals surface area contributed by atoms with E-state index < -0.39 is 5.97 Å². The summed E-state index contributed by atoms with van der Waals surface area (Å²) < 4.78 is 6.54. The van der Waals surface area contributed by atoms with Gasteiger partial charge in [0.25, 0.3) is 0 Å². The number of carbonyl (C=O) groups is 2. The molecule has 0 unspecified atom stereocenters. The van der Waals surface area contributed by atoms with Gasteiger partial charge in [0.1, 0.15) is 17.9 Å². The number of halogens is 2. The number of nitrogens with zero attached hydrogens (tertiary/aromatic N) is 3. The molecule has 148 valence electrons. The molecule has 0 aliphatic carbocycles. The highest BCUT2D eigenvalue weighted by Crippen LogP contribution is 2.31. The Morgan fingerprint density at radius 2 is 2.11 bits per heavy atom. The monoisotopic (exact) mass is 559 g/mol. The van der Waals surface area contributed by atoms with Crippen LogP contribution in [0, 0.1) is 0 Å². The summed E-state index contributed by atoms with van der Waals surface area (Å²) in [5, 5.41) is 0.707. The number of amides is 1. The molecule has 0 saturated heterocycles. The Morgan fingerprint density at radius 3 is 2.75 bits per heavy atom. The van der Waals surface area contributed by atoms with E-state index in [0.717, 1.165) is 0 Å². The van der Waals surface area contributed by atoms with Crippen LogP contribution in [0.4, 0.5) is 5.82 Å². The van der Waals surface area contributed by atoms with Gasteiger partial charge in [-0.05, 0) is 35.0 Å². The Hall–Kier alpha value is -1.95. The molecule has 1 amide bonds. The average molecular weight is 560 g/mol. The first kappa shape index (κ1) is 20.8. The van der Waals surface area contributed by atoms with E-state index in [-0.39, 0.29) is 11.7 Å². The lowest BCUT2D eigenvalue weighted by molar-refractivity contribution is -0.129. The van der Waals surface area contributed by atoms with Crippen LogP contribution in [0.2, 0.25) is 0 Å². The van der Waals surface area contributed by atoms with Crippen LogP contribution in [0.1, 0.15) is 30.0 Å². The van der Waals surface area contributed by atoms with Gasteiger partial charge < -0.3 is 20.4 Å². The summed E-state index contributed by atoms with van der Waals surface area (Å²) in [6.07, 6.45) is 0. The van der Waals surface area contributed by atoms with Gasteiger partial charge in [-0.15, -0.1) is 0 Å². The summed E-state index contributed by atoms with van der Waals surface area (Å²) in [5.41, 5.74) is 8.30. The highest BCUT2D eigenvalue weighted by atomic mass is 127. The number of H-pyrrole nitrogens is 1. The molecule has 0 spiro atoms. The minimum atomic E-state index is -0.413. The molecular formula is C18H19BrIN5O3. The van der Waals surface area contributed by atoms with Gasteiger partial charge in [-0.1, -0.05) is 22.6 Å². The second kappa shape index (κ2) is 8.60. The largest absolute Gasteiger partial charge is 0.461 e. The van der Waals surface area contributed by atoms with Gasteiger partial charge in [0.15, 0.2) is 5.82 Å². The lowest BCUT2D eigenvalue weighted by Crippen LogP contribution is -2.28. The van der Waals surface area contributed by atoms with Crippen LogP contribution >= 0.6 is 38.5 Å². The highest BCUT2D eigenvalue weighted by Gasteiger charge is 2.18. The minimum Gasteiger partial charge on any atom is -0.461 e. The molecule has 0 aliphatic heterocycles. The Bertz CT molecular complexity index is 1070. The van der Waals surface area contributed by atoms with Gasteiger partial charge in [0, 0.05) is 27.8 Å². The number of pyridine rings is 1. The number of ether oxygens (including phenoxy) is 1. The van der Waals surface area contributed by atoms with Gasteiger partial charge in [-0.2, -0.15) is 0 Å². The second-order valence-electron chi connectivity index (χ2n) is 6.11. The van der Waals surface area contributed by atoms with Gasteiger partial charge in [0.2, 0.25) is 5.91 Å². The Kier molecular flexibility index (Phi) is 6.38. The average Bonchev–Trinajstić information content (AvgIpc) is 3.08. The molecule has 0 radical (unpaired) electrons. The van der Waals surface area contributed by atoms with E-state index in [1.54, 1.807) is 17.0 Å². The standard InChI is InChI=1S/C18H19BrIN5O3/c1-3-25(9(2)26)8-14-23-15-11-6-10(18(27)28-5-4-20)12(19)7-13(11)22-17(21)16(15)24-14/h6-7H,3-5,8H2,1-2H3,(H2,21,22)(H,23,24). The Balaban J connectivity index is 2.12. The number of hydrogen-bond donors (Lipinski definition) is 2. The Labute approximate surface area is 183 Å². The zero-order chi connectivity index (χ0) is 20.4. The maximum absolute atomic E-state index is 12.4. The number of nitrogens with one attached hydrogen (secondary N) is 1. The lowest BCUT2D eigenvalue weighted by atomic mass is 10.1. The number of aromatic nitrogens is 3. The first-order valence-corrected chi connectivity index (χ1v) is 10.9. The van der Waals surface area contributed by atoms with Crippen LogP contribution in [0.25, 0.3) is 21.9 Å². The number of alkyl halides is 1. The molecular weight excluding hydrogens is 541 g/mol. The maximum atomic E-state index is 12.4. The van der Waals surface area contributed by atoms with E-state index in [1.807, 2.05) is 6.92 Å². The van der Waals surface area contributed by atoms with Crippen molar-refractivity contribution >= 4 is 78.2 Å². The fraction of sp³-hybridized carbons (Fsp3) is 0.333. The molecule has 0 fully saturated rings. The number of hydrogen-bond acceptors (Lipinski definition) is 6. The quantitative estimate of drug-likeness (QED) is 0.272. The molecule has 3 N–H and O–H groups in total. The third-order valence-corrected chi connectivity index (χ3v) is 5.39. The van der Waals surface area contributed by atoms with Crippen LogP contribution in [0.3, 0.4) is 0 Å². The van der Waals surface area contributed by atoms with Crippen molar-refractivity contribution in [2.24, 2.45) is 0 Å². The molecule has 3 aromatic rings. The van der Waals surface area contributed by atoms with Crippen molar-refractivity contribution in [3.05, 3.63) is 28.0 Å². The second-order valence-corrected chi connectivity index (χ2v) is 8.04. The van der Waals surface area contributed by atoms with Crippen LogP contribution in [0.5, 0.6) is 0 Å². The number of rotatable bonds is 6. The number of imidazole rings is 1. The highest BCUT2D eigenvalue weighted by molar-refractivity contribution is 14.1. The number of carbonyl (C=O) groups excluding carboxylic acids is 2. The van der Waals surface area contributed by atoms with Crippen molar-refractivity contribution in [1.82, 2.24) is 19.9 Å². The third-order valence-electron chi connectivity index (χ3n) is 4.29. The summed E-state index contributed by atoms with van der Waals surface area (Å²) in [4.78, 5) is 37.9. The van der Waals surface area contributed by atoms with Crippen LogP contribution in [-0.2, 0) is 16.1 Å². The topological polar surface area (TPSA) is 114 Å². The van der Waals surface area contributed by atoms with E-state index >= 15 is 0 Å². The molecule has 0 saturated carbocycles. The molecule has 2 aromatic heterocycles. The summed E-state index contributed by atoms with van der Waals surface area (Å²) in [7, 11) is 0. The molecule has 0 atom stereocenters. The van der Waals surface area contributed by atoms with Crippen molar-refractivity contribution in [1.29, 1.82) is 0 Å². The third kappa shape index (κ3) is 4.07. The van der Waals surface area contributed by atoms with Crippen molar-refractivity contribution in [2.75, 3.05) is 23.3 Å². The summed E-state index contributed by atoms with van der Waals surface area (Å²) in [6, 6.07) is 3.45. The van der Waals surface area contributed by atoms with Gasteiger partial charge in [-0.25, -0.2) is 14.8 Å². The smallest absolute Gasteiger partial charge is 0.339 e. The molecule has 1 aromatic carbocycles. The predicted molar refractivity (Wildman–Crippen MR) is 119 cm³/mol. The minimum absolute atomic E-state index is 0.0388. The maximum Gasteiger partial charge on any atom is 0.339 e. The van der Waals surface area contributed by atoms with Gasteiger partial charge in [-0.3, -0.25) is 4.79 Å². The van der Waals surface area contributed by atoms with E-state index in [2.05, 4.69) is 53.5 Å². The predicted octanol–water partition coefficient (Wildman–Crippen LogP) is 3.42. The van der Waals surface area contributed by atoms with E-state index in [0.29, 0.717) is 61.9 Å². The summed E-state index contributed by atoms with van der Waals surface area (Å²) in [6.45, 7) is 4.66. The molecule has 0 bridgehead atoms. The fourth-order valence-corrected chi connectivity index (χ4v) is 3.62. The molecule has 0 aliphatic rings. The first-order valence-electron chi connectivity index (χ1n) is 8.61. The fourth-order valence-electron chi connectivity index (χ4n) is 2.91. The van der Waals surface area contributed by atoms with E-state index in [1.165, 1.54) is 6.92 Å². The zero-order valence-electron chi connectivity index (χ0n) is 15.4. The van der Waals surface area contributed by atoms with Crippen molar-refractivity contribution in [3.8, 4) is 0 Å². The van der Waals surface area contributed by atoms with Crippen LogP contribution in [-0.4, -0.2) is 49.3 Å². The summed E-state index contributed by atoms with van der Waals surface area (Å²) in [5.74, 6) is 0.431. The van der Waals surface area contributed by atoms with Crippen molar-refractivity contribution < 1.29 is 14.3 Å². The number of nitrogen functional groups attached to an aromatic ring is 1. The first-order chi connectivity index (χ1) is 13.3. The number of nitrogens with two attached hydrogens (primary N) is 1. The van der Waals surface area contributed by atoms with Gasteiger partial charge in [0.05, 0.1) is 23.1 Å². The van der Waals surface area contributed by atoms with E-state index in [9.17, 15) is 9.59 Å². The zero-order valence-corrected chi connectivity index (χ0v) is 19.1. The molecule has 10 heteroatoms. The number of benzene rings is 1. The number of anilines is 1. The van der Waals surface area contributed by atoms with E-state index in [4.69, 9.17) is 10.5 Å². The summed E-state index contributed by atoms with van der Waals surface area (Å²) >= 11 is 5.55. The molecule has 28 heavy (non-hydrogen) atoms. The van der Waals surface area contributed by atoms with Gasteiger partial charge >= 0.3 is 5.97 Å². The number of fused-ring (bicyclic) bond motifs is 3. The lowest BCUT2D eigenvalue weighted by Gasteiger charge is -2.16. The Morgan fingerprint density at radius 1 is 1.36 bits per heavy atom. The molecule has 2 heterocycles. The SMILES string of the molecule is CCN(Cc1nc2c(N)nc3cc(Br)c(C(=O)OCCI)cc3c2[nH]1)C(C)=O. The van der Waals surface area contributed by atoms with Crippen LogP contribution in [0.15, 0.2) is 16.6 Å². The molecule has 8 nitrogen and oxygen atoms in total. The van der Waals surface area contributed by atoms with Crippen molar-refractivity contribution in [3.63, 3.8) is 0 Å². The number of esters is 1.